The molecule has 0 aliphatic carbocycles. The van der Waals surface area contributed by atoms with Crippen LogP contribution in [0.3, 0.4) is 0 Å². The summed E-state index contributed by atoms with van der Waals surface area (Å²) in [5, 5.41) is 2.83. The van der Waals surface area contributed by atoms with Crippen LogP contribution in [0, 0.1) is 0 Å². The van der Waals surface area contributed by atoms with Crippen molar-refractivity contribution >= 4 is 11.8 Å². The summed E-state index contributed by atoms with van der Waals surface area (Å²) in [6.07, 6.45) is 1.04. The van der Waals surface area contributed by atoms with Gasteiger partial charge in [0.05, 0.1) is 0 Å². The highest BCUT2D eigenvalue weighted by Crippen LogP contribution is 2.22. The molecule has 2 aromatic rings. The van der Waals surface area contributed by atoms with Gasteiger partial charge in [-0.25, -0.2) is 0 Å². The van der Waals surface area contributed by atoms with Gasteiger partial charge in [-0.3, -0.25) is 9.59 Å². The van der Waals surface area contributed by atoms with Crippen LogP contribution in [0.1, 0.15) is 57.7 Å². The first-order valence-electron chi connectivity index (χ1n) is 10.4. The van der Waals surface area contributed by atoms with Gasteiger partial charge in [-0.15, -0.1) is 0 Å². The van der Waals surface area contributed by atoms with Crippen molar-refractivity contribution in [3.8, 4) is 0 Å². The number of likely N-dealkylation sites (N-methyl/N-ethyl adjacent to an activating group) is 1. The van der Waals surface area contributed by atoms with Crippen molar-refractivity contribution in [3.05, 3.63) is 71.3 Å². The number of aryl methyl sites for hydroxylation is 1. The molecule has 1 atom stereocenters. The number of hydrogen-bond acceptors (Lipinski definition) is 2. The molecule has 0 bridgehead atoms. The minimum atomic E-state index is -0.508. The first-order valence-corrected chi connectivity index (χ1v) is 10.4. The van der Waals surface area contributed by atoms with E-state index in [1.54, 1.807) is 11.8 Å². The van der Waals surface area contributed by atoms with Crippen molar-refractivity contribution in [1.82, 2.24) is 10.2 Å². The second-order valence-electron chi connectivity index (χ2n) is 8.52. The van der Waals surface area contributed by atoms with E-state index in [0.29, 0.717) is 25.9 Å². The Morgan fingerprint density at radius 2 is 1.59 bits per heavy atom. The number of benzene rings is 2. The van der Waals surface area contributed by atoms with Gasteiger partial charge in [0.25, 0.3) is 0 Å². The van der Waals surface area contributed by atoms with E-state index in [1.165, 1.54) is 5.56 Å². The fourth-order valence-electron chi connectivity index (χ4n) is 3.25. The molecule has 0 radical (unpaired) electrons. The Labute approximate surface area is 175 Å². The SMILES string of the molecule is CCNC(=O)[C@H](C)N(Cc1ccccc1)C(=O)CCc1ccc(C(C)(C)C)cc1. The van der Waals surface area contributed by atoms with Crippen molar-refractivity contribution in [2.24, 2.45) is 0 Å². The van der Waals surface area contributed by atoms with Crippen LogP contribution in [0.4, 0.5) is 0 Å². The third-order valence-electron chi connectivity index (χ3n) is 5.16. The van der Waals surface area contributed by atoms with Crippen molar-refractivity contribution in [2.75, 3.05) is 6.54 Å². The summed E-state index contributed by atoms with van der Waals surface area (Å²) in [7, 11) is 0. The zero-order valence-electron chi connectivity index (χ0n) is 18.4. The van der Waals surface area contributed by atoms with Crippen molar-refractivity contribution < 1.29 is 9.59 Å². The van der Waals surface area contributed by atoms with Crippen LogP contribution < -0.4 is 5.32 Å². The Morgan fingerprint density at radius 3 is 2.14 bits per heavy atom. The lowest BCUT2D eigenvalue weighted by Crippen LogP contribution is -2.47. The number of nitrogens with one attached hydrogen (secondary N) is 1. The van der Waals surface area contributed by atoms with Gasteiger partial charge in [-0.05, 0) is 42.4 Å². The highest BCUT2D eigenvalue weighted by Gasteiger charge is 2.25. The zero-order valence-corrected chi connectivity index (χ0v) is 18.4. The molecule has 2 rings (SSSR count). The molecule has 0 saturated carbocycles. The molecule has 29 heavy (non-hydrogen) atoms. The molecule has 0 saturated heterocycles. The molecule has 0 spiro atoms. The molecule has 2 aromatic carbocycles. The first kappa shape index (κ1) is 22.7. The van der Waals surface area contributed by atoms with Crippen molar-refractivity contribution in [1.29, 1.82) is 0 Å². The molecule has 0 aliphatic rings. The first-order chi connectivity index (χ1) is 13.7. The average Bonchev–Trinajstić information content (AvgIpc) is 2.70. The minimum absolute atomic E-state index is 0.00694. The van der Waals surface area contributed by atoms with Crippen molar-refractivity contribution in [3.63, 3.8) is 0 Å². The molecule has 0 unspecified atom stereocenters. The van der Waals surface area contributed by atoms with Gasteiger partial charge in [0, 0.05) is 19.5 Å². The third kappa shape index (κ3) is 6.74. The zero-order chi connectivity index (χ0) is 21.4. The molecule has 156 valence electrons. The van der Waals surface area contributed by atoms with E-state index < -0.39 is 6.04 Å². The smallest absolute Gasteiger partial charge is 0.242 e. The maximum atomic E-state index is 13.0. The molecule has 1 N–H and O–H groups in total. The molecule has 2 amide bonds. The van der Waals surface area contributed by atoms with Gasteiger partial charge in [-0.1, -0.05) is 75.4 Å². The summed E-state index contributed by atoms with van der Waals surface area (Å²) in [5.74, 6) is -0.126. The fraction of sp³-hybridized carbons (Fsp3) is 0.440. The summed E-state index contributed by atoms with van der Waals surface area (Å²) < 4.78 is 0. The standard InChI is InChI=1S/C25H34N2O2/c1-6-26-24(29)19(2)27(18-21-10-8-7-9-11-21)23(28)17-14-20-12-15-22(16-13-20)25(3,4)5/h7-13,15-16,19H,6,14,17-18H2,1-5H3,(H,26,29)/t19-/m0/s1. The number of carbonyl (C=O) groups excluding carboxylic acids is 2. The molecular weight excluding hydrogens is 360 g/mol. The predicted molar refractivity (Wildman–Crippen MR) is 119 cm³/mol. The lowest BCUT2D eigenvalue weighted by Gasteiger charge is -2.29. The number of nitrogens with zero attached hydrogens (tertiary/aromatic N) is 1. The molecule has 0 fully saturated rings. The molecular formula is C25H34N2O2. The molecule has 4 heteroatoms. The van der Waals surface area contributed by atoms with E-state index in [4.69, 9.17) is 0 Å². The molecule has 0 aliphatic heterocycles. The maximum absolute atomic E-state index is 13.0. The third-order valence-corrected chi connectivity index (χ3v) is 5.16. The lowest BCUT2D eigenvalue weighted by atomic mass is 9.86. The molecule has 4 nitrogen and oxygen atoms in total. The van der Waals surface area contributed by atoms with E-state index in [0.717, 1.165) is 11.1 Å². The van der Waals surface area contributed by atoms with Gasteiger partial charge in [0.2, 0.25) is 11.8 Å². The highest BCUT2D eigenvalue weighted by atomic mass is 16.2. The minimum Gasteiger partial charge on any atom is -0.355 e. The van der Waals surface area contributed by atoms with Crippen LogP contribution in [-0.4, -0.2) is 29.3 Å². The number of carbonyl (C=O) groups is 2. The Balaban J connectivity index is 2.08. The Hall–Kier alpha value is -2.62. The van der Waals surface area contributed by atoms with Gasteiger partial charge in [0.1, 0.15) is 6.04 Å². The van der Waals surface area contributed by atoms with Gasteiger partial charge in [0.15, 0.2) is 0 Å². The summed E-state index contributed by atoms with van der Waals surface area (Å²) in [6, 6.07) is 17.8. The second-order valence-corrected chi connectivity index (χ2v) is 8.52. The second kappa shape index (κ2) is 10.2. The summed E-state index contributed by atoms with van der Waals surface area (Å²) >= 11 is 0. The monoisotopic (exact) mass is 394 g/mol. The van der Waals surface area contributed by atoms with Crippen molar-refractivity contribution in [2.45, 2.75) is 65.5 Å². The summed E-state index contributed by atoms with van der Waals surface area (Å²) in [5.41, 5.74) is 3.55. The van der Waals surface area contributed by atoms with Crippen LogP contribution in [0.2, 0.25) is 0 Å². The quantitative estimate of drug-likeness (QED) is 0.718. The fourth-order valence-corrected chi connectivity index (χ4v) is 3.25. The Bertz CT molecular complexity index is 792. The number of hydrogen-bond donors (Lipinski definition) is 1. The van der Waals surface area contributed by atoms with Crippen LogP contribution in [-0.2, 0) is 28.0 Å². The number of rotatable bonds is 8. The van der Waals surface area contributed by atoms with Crippen LogP contribution >= 0.6 is 0 Å². The normalized spacial score (nSPS) is 12.3. The van der Waals surface area contributed by atoms with Crippen LogP contribution in [0.15, 0.2) is 54.6 Å². The van der Waals surface area contributed by atoms with Crippen LogP contribution in [0.25, 0.3) is 0 Å². The Morgan fingerprint density at radius 1 is 0.966 bits per heavy atom. The van der Waals surface area contributed by atoms with E-state index in [1.807, 2.05) is 37.3 Å². The van der Waals surface area contributed by atoms with Crippen LogP contribution in [0.5, 0.6) is 0 Å². The lowest BCUT2D eigenvalue weighted by molar-refractivity contribution is -0.140. The van der Waals surface area contributed by atoms with Gasteiger partial charge in [-0.2, -0.15) is 0 Å². The predicted octanol–water partition coefficient (Wildman–Crippen LogP) is 4.47. The van der Waals surface area contributed by atoms with E-state index in [9.17, 15) is 9.59 Å². The Kier molecular flexibility index (Phi) is 8.00. The largest absolute Gasteiger partial charge is 0.355 e. The molecule has 0 aromatic heterocycles. The van der Waals surface area contributed by atoms with Gasteiger partial charge >= 0.3 is 0 Å². The van der Waals surface area contributed by atoms with Gasteiger partial charge < -0.3 is 10.2 Å². The average molecular weight is 395 g/mol. The topological polar surface area (TPSA) is 49.4 Å². The van der Waals surface area contributed by atoms with E-state index in [2.05, 4.69) is 50.4 Å². The highest BCUT2D eigenvalue weighted by molar-refractivity contribution is 5.87. The van der Waals surface area contributed by atoms with E-state index in [-0.39, 0.29) is 17.2 Å². The number of amides is 2. The molecule has 0 heterocycles. The summed E-state index contributed by atoms with van der Waals surface area (Å²) in [6.45, 7) is 11.2. The summed E-state index contributed by atoms with van der Waals surface area (Å²) in [4.78, 5) is 27.1. The maximum Gasteiger partial charge on any atom is 0.242 e. The van der Waals surface area contributed by atoms with E-state index >= 15 is 0 Å².